The maximum Gasteiger partial charge on any atom is 0.146 e. The molecule has 16 heavy (non-hydrogen) atoms. The third-order valence-electron chi connectivity index (χ3n) is 2.90. The quantitative estimate of drug-likeness (QED) is 0.778. The van der Waals surface area contributed by atoms with Crippen LogP contribution in [0.3, 0.4) is 0 Å². The molecule has 86 valence electrons. The number of anilines is 1. The normalized spacial score (nSPS) is 11.9. The van der Waals surface area contributed by atoms with Gasteiger partial charge in [0.25, 0.3) is 0 Å². The Morgan fingerprint density at radius 3 is 2.81 bits per heavy atom. The Bertz CT molecular complexity index is 393. The van der Waals surface area contributed by atoms with E-state index in [1.54, 1.807) is 6.20 Å². The molecule has 0 aliphatic carbocycles. The second-order valence-electron chi connectivity index (χ2n) is 4.33. The van der Waals surface area contributed by atoms with Crippen LogP contribution in [0.4, 0.5) is 5.82 Å². The third-order valence-corrected chi connectivity index (χ3v) is 2.90. The molecule has 0 aliphatic heterocycles. The number of pyridine rings is 1. The Kier molecular flexibility index (Phi) is 4.30. The Labute approximate surface area is 97.7 Å². The lowest BCUT2D eigenvalue weighted by Gasteiger charge is -2.23. The largest absolute Gasteiger partial charge is 0.358 e. The van der Waals surface area contributed by atoms with Crippen LogP contribution in [0.25, 0.3) is 0 Å². The molecule has 0 saturated carbocycles. The average molecular weight is 217 g/mol. The van der Waals surface area contributed by atoms with Gasteiger partial charge in [-0.05, 0) is 24.5 Å². The van der Waals surface area contributed by atoms with Crippen LogP contribution in [-0.2, 0) is 0 Å². The topological polar surface area (TPSA) is 39.9 Å². The van der Waals surface area contributed by atoms with Gasteiger partial charge in [-0.3, -0.25) is 0 Å². The summed E-state index contributed by atoms with van der Waals surface area (Å²) in [6.45, 7) is 7.26. The van der Waals surface area contributed by atoms with Crippen LogP contribution in [0, 0.1) is 24.2 Å². The second-order valence-corrected chi connectivity index (χ2v) is 4.33. The molecule has 1 heterocycles. The van der Waals surface area contributed by atoms with Crippen molar-refractivity contribution >= 4 is 5.82 Å². The van der Waals surface area contributed by atoms with E-state index in [9.17, 15) is 0 Å². The molecule has 0 radical (unpaired) electrons. The molecule has 1 rings (SSSR count). The van der Waals surface area contributed by atoms with Crippen molar-refractivity contribution in [2.45, 2.75) is 27.2 Å². The average Bonchev–Trinajstić information content (AvgIpc) is 2.28. The first-order chi connectivity index (χ1) is 7.60. The molecule has 0 aliphatic rings. The number of aryl methyl sites for hydroxylation is 1. The van der Waals surface area contributed by atoms with Crippen LogP contribution in [0.1, 0.15) is 31.4 Å². The number of nitriles is 1. The van der Waals surface area contributed by atoms with E-state index in [1.807, 2.05) is 20.0 Å². The fourth-order valence-corrected chi connectivity index (χ4v) is 1.65. The molecule has 1 aromatic rings. The molecule has 0 saturated heterocycles. The molecule has 1 atom stereocenters. The summed E-state index contributed by atoms with van der Waals surface area (Å²) in [4.78, 5) is 6.37. The van der Waals surface area contributed by atoms with Crippen molar-refractivity contribution < 1.29 is 0 Å². The lowest BCUT2D eigenvalue weighted by atomic mass is 10.1. The lowest BCUT2D eigenvalue weighted by Crippen LogP contribution is -2.25. The molecule has 1 aromatic heterocycles. The standard InChI is InChI=1S/C13H19N3/c1-5-10(2)9-16(4)13-12(8-14)11(3)6-7-15-13/h6-7,10H,5,9H2,1-4H3. The highest BCUT2D eigenvalue weighted by atomic mass is 15.2. The molecular weight excluding hydrogens is 198 g/mol. The van der Waals surface area contributed by atoms with Gasteiger partial charge in [0.1, 0.15) is 11.9 Å². The number of rotatable bonds is 4. The minimum atomic E-state index is 0.610. The van der Waals surface area contributed by atoms with E-state index < -0.39 is 0 Å². The van der Waals surface area contributed by atoms with E-state index in [-0.39, 0.29) is 0 Å². The first-order valence-corrected chi connectivity index (χ1v) is 5.67. The lowest BCUT2D eigenvalue weighted by molar-refractivity contribution is 0.557. The fourth-order valence-electron chi connectivity index (χ4n) is 1.65. The maximum absolute atomic E-state index is 9.12. The zero-order chi connectivity index (χ0) is 12.1. The summed E-state index contributed by atoms with van der Waals surface area (Å²) in [5, 5.41) is 9.12. The Morgan fingerprint density at radius 1 is 1.56 bits per heavy atom. The summed E-state index contributed by atoms with van der Waals surface area (Å²) in [5.41, 5.74) is 1.68. The predicted octanol–water partition coefficient (Wildman–Crippen LogP) is 2.74. The smallest absolute Gasteiger partial charge is 0.146 e. The second kappa shape index (κ2) is 5.50. The summed E-state index contributed by atoms with van der Waals surface area (Å²) in [6, 6.07) is 4.11. The van der Waals surface area contributed by atoms with Crippen molar-refractivity contribution in [1.29, 1.82) is 5.26 Å². The van der Waals surface area contributed by atoms with Crippen molar-refractivity contribution in [3.63, 3.8) is 0 Å². The highest BCUT2D eigenvalue weighted by Crippen LogP contribution is 2.19. The van der Waals surface area contributed by atoms with Gasteiger partial charge in [0.15, 0.2) is 0 Å². The predicted molar refractivity (Wildman–Crippen MR) is 66.4 cm³/mol. The minimum Gasteiger partial charge on any atom is -0.358 e. The summed E-state index contributed by atoms with van der Waals surface area (Å²) < 4.78 is 0. The Balaban J connectivity index is 2.96. The zero-order valence-electron chi connectivity index (χ0n) is 10.5. The molecule has 0 aromatic carbocycles. The first-order valence-electron chi connectivity index (χ1n) is 5.67. The molecule has 0 bridgehead atoms. The van der Waals surface area contributed by atoms with Gasteiger partial charge in [0, 0.05) is 19.8 Å². The summed E-state index contributed by atoms with van der Waals surface area (Å²) >= 11 is 0. The van der Waals surface area contributed by atoms with E-state index in [0.717, 1.165) is 24.3 Å². The van der Waals surface area contributed by atoms with E-state index in [4.69, 9.17) is 5.26 Å². The van der Waals surface area contributed by atoms with Gasteiger partial charge >= 0.3 is 0 Å². The summed E-state index contributed by atoms with van der Waals surface area (Å²) in [5.74, 6) is 1.40. The molecular formula is C13H19N3. The highest BCUT2D eigenvalue weighted by molar-refractivity contribution is 5.56. The fraction of sp³-hybridized carbons (Fsp3) is 0.538. The summed E-state index contributed by atoms with van der Waals surface area (Å²) in [7, 11) is 1.99. The molecule has 3 nitrogen and oxygen atoms in total. The van der Waals surface area contributed by atoms with Crippen molar-refractivity contribution in [1.82, 2.24) is 4.98 Å². The van der Waals surface area contributed by atoms with Gasteiger partial charge in [-0.25, -0.2) is 4.98 Å². The van der Waals surface area contributed by atoms with E-state index in [1.165, 1.54) is 0 Å². The highest BCUT2D eigenvalue weighted by Gasteiger charge is 2.12. The van der Waals surface area contributed by atoms with Gasteiger partial charge in [-0.1, -0.05) is 20.3 Å². The molecule has 1 unspecified atom stereocenters. The van der Waals surface area contributed by atoms with Crippen LogP contribution >= 0.6 is 0 Å². The van der Waals surface area contributed by atoms with E-state index in [2.05, 4.69) is 29.8 Å². The Morgan fingerprint density at radius 2 is 2.25 bits per heavy atom. The molecule has 0 spiro atoms. The SMILES string of the molecule is CCC(C)CN(C)c1nccc(C)c1C#N. The van der Waals surface area contributed by atoms with Crippen LogP contribution in [-0.4, -0.2) is 18.6 Å². The van der Waals surface area contributed by atoms with Crippen LogP contribution in [0.5, 0.6) is 0 Å². The number of nitrogens with zero attached hydrogens (tertiary/aromatic N) is 3. The molecule has 0 amide bonds. The monoisotopic (exact) mass is 217 g/mol. The molecule has 0 N–H and O–H groups in total. The van der Waals surface area contributed by atoms with Gasteiger partial charge in [0.2, 0.25) is 0 Å². The van der Waals surface area contributed by atoms with Gasteiger partial charge in [-0.2, -0.15) is 5.26 Å². The van der Waals surface area contributed by atoms with Crippen LogP contribution < -0.4 is 4.90 Å². The number of hydrogen-bond donors (Lipinski definition) is 0. The van der Waals surface area contributed by atoms with E-state index in [0.29, 0.717) is 11.5 Å². The Hall–Kier alpha value is -1.56. The van der Waals surface area contributed by atoms with Crippen molar-refractivity contribution in [3.05, 3.63) is 23.4 Å². The number of aromatic nitrogens is 1. The van der Waals surface area contributed by atoms with Crippen molar-refractivity contribution in [3.8, 4) is 6.07 Å². The number of hydrogen-bond acceptors (Lipinski definition) is 3. The van der Waals surface area contributed by atoms with Crippen molar-refractivity contribution in [2.24, 2.45) is 5.92 Å². The van der Waals surface area contributed by atoms with Gasteiger partial charge in [0.05, 0.1) is 5.56 Å². The van der Waals surface area contributed by atoms with Crippen LogP contribution in [0.15, 0.2) is 12.3 Å². The van der Waals surface area contributed by atoms with Crippen LogP contribution in [0.2, 0.25) is 0 Å². The van der Waals surface area contributed by atoms with E-state index >= 15 is 0 Å². The zero-order valence-corrected chi connectivity index (χ0v) is 10.5. The maximum atomic E-state index is 9.12. The first kappa shape index (κ1) is 12.5. The summed E-state index contributed by atoms with van der Waals surface area (Å²) in [6.07, 6.45) is 2.90. The van der Waals surface area contributed by atoms with Crippen molar-refractivity contribution in [2.75, 3.05) is 18.5 Å². The van der Waals surface area contributed by atoms with Gasteiger partial charge in [-0.15, -0.1) is 0 Å². The molecule has 0 fully saturated rings. The third kappa shape index (κ3) is 2.73. The molecule has 3 heteroatoms. The minimum absolute atomic E-state index is 0.610. The van der Waals surface area contributed by atoms with Gasteiger partial charge < -0.3 is 4.90 Å².